The first-order chi connectivity index (χ1) is 2.77. The molecule has 0 unspecified atom stereocenters. The van der Waals surface area contributed by atoms with Crippen LogP contribution in [-0.2, 0) is 0 Å². The molecular weight excluding hydrogens is 81.0 g/mol. The zero-order valence-corrected chi connectivity index (χ0v) is 4.16. The smallest absolute Gasteiger partial charge is 0.140 e. The third-order valence-electron chi connectivity index (χ3n) is 0.485. The molecule has 0 radical (unpaired) electrons. The molecule has 1 N–H and O–H groups in total. The minimum atomic E-state index is -0.419. The van der Waals surface area contributed by atoms with Crippen LogP contribution in [0.3, 0.4) is 0 Å². The van der Waals surface area contributed by atoms with Gasteiger partial charge in [0.15, 0.2) is 0 Å². The minimum absolute atomic E-state index is 0.273. The Morgan fingerprint density at radius 2 is 2.17 bits per heavy atom. The van der Waals surface area contributed by atoms with Gasteiger partial charge in [-0.05, 0) is 13.8 Å². The summed E-state index contributed by atoms with van der Waals surface area (Å²) < 4.78 is 11.1. The van der Waals surface area contributed by atoms with E-state index in [1.807, 2.05) is 13.8 Å². The molecule has 0 aliphatic carbocycles. The second-order valence-electron chi connectivity index (χ2n) is 1.49. The predicted molar refractivity (Wildman–Crippen MR) is 24.2 cm³/mol. The van der Waals surface area contributed by atoms with Crippen molar-refractivity contribution in [3.8, 4) is 0 Å². The van der Waals surface area contributed by atoms with Gasteiger partial charge in [0.2, 0.25) is 0 Å². The first-order valence-corrected chi connectivity index (χ1v) is 2.06. The molecule has 38 valence electrons. The zero-order chi connectivity index (χ0) is 4.99. The van der Waals surface area contributed by atoms with Crippen LogP contribution in [0.25, 0.3) is 0 Å². The molecule has 0 aromatic heterocycles. The van der Waals surface area contributed by atoms with Gasteiger partial charge in [-0.2, -0.15) is 0 Å². The molecule has 0 fully saturated rings. The third kappa shape index (κ3) is 3.89. The van der Waals surface area contributed by atoms with Crippen molar-refractivity contribution < 1.29 is 4.39 Å². The lowest BCUT2D eigenvalue weighted by atomic mass is 10.4. The van der Waals surface area contributed by atoms with E-state index >= 15 is 0 Å². The average molecular weight is 91.1 g/mol. The van der Waals surface area contributed by atoms with Gasteiger partial charge in [0.25, 0.3) is 0 Å². The van der Waals surface area contributed by atoms with Crippen molar-refractivity contribution >= 4 is 0 Å². The molecule has 0 aromatic carbocycles. The number of halogens is 1. The molecule has 0 saturated heterocycles. The van der Waals surface area contributed by atoms with Crippen LogP contribution in [0.4, 0.5) is 4.39 Å². The Balaban J connectivity index is 2.63. The van der Waals surface area contributed by atoms with Crippen LogP contribution < -0.4 is 5.32 Å². The highest BCUT2D eigenvalue weighted by molar-refractivity contribution is 4.43. The van der Waals surface area contributed by atoms with Crippen LogP contribution >= 0.6 is 0 Å². The number of alkyl halides is 1. The van der Waals surface area contributed by atoms with Gasteiger partial charge in [0, 0.05) is 6.04 Å². The van der Waals surface area contributed by atoms with Gasteiger partial charge < -0.3 is 0 Å². The fraction of sp³-hybridized carbons (Fsp3) is 1.00. The molecule has 0 aliphatic rings. The molecule has 0 spiro atoms. The molecule has 0 aliphatic heterocycles. The van der Waals surface area contributed by atoms with Crippen molar-refractivity contribution in [1.29, 1.82) is 0 Å². The number of hydrogen-bond acceptors (Lipinski definition) is 1. The van der Waals surface area contributed by atoms with Crippen molar-refractivity contribution in [3.63, 3.8) is 0 Å². The summed E-state index contributed by atoms with van der Waals surface area (Å²) in [4.78, 5) is 0. The lowest BCUT2D eigenvalue weighted by Gasteiger charge is -1.98. The summed E-state index contributed by atoms with van der Waals surface area (Å²) >= 11 is 0. The summed E-state index contributed by atoms with van der Waals surface area (Å²) in [6.07, 6.45) is 0. The van der Waals surface area contributed by atoms with E-state index in [-0.39, 0.29) is 6.04 Å². The SMILES string of the molecule is CC(C)NCF. The summed E-state index contributed by atoms with van der Waals surface area (Å²) in [6, 6.07) is 0.273. The van der Waals surface area contributed by atoms with Gasteiger partial charge in [-0.3, -0.25) is 5.32 Å². The maximum atomic E-state index is 11.1. The quantitative estimate of drug-likeness (QED) is 0.498. The van der Waals surface area contributed by atoms with Crippen LogP contribution in [0.2, 0.25) is 0 Å². The first kappa shape index (κ1) is 5.89. The standard InChI is InChI=1S/C4H10FN/c1-4(2)6-3-5/h4,6H,3H2,1-2H3. The van der Waals surface area contributed by atoms with Crippen LogP contribution in [-0.4, -0.2) is 12.8 Å². The number of hydrogen-bond donors (Lipinski definition) is 1. The molecule has 0 atom stereocenters. The molecule has 6 heavy (non-hydrogen) atoms. The monoisotopic (exact) mass is 91.1 g/mol. The molecular formula is C4H10FN. The van der Waals surface area contributed by atoms with E-state index in [9.17, 15) is 4.39 Å². The average Bonchev–Trinajstić information content (AvgIpc) is 1.35. The predicted octanol–water partition coefficient (Wildman–Crippen LogP) is 0.911. The Labute approximate surface area is 37.5 Å². The van der Waals surface area contributed by atoms with E-state index in [4.69, 9.17) is 0 Å². The summed E-state index contributed by atoms with van der Waals surface area (Å²) in [6.45, 7) is 3.39. The normalized spacial score (nSPS) is 10.0. The summed E-state index contributed by atoms with van der Waals surface area (Å²) in [5.74, 6) is 0. The van der Waals surface area contributed by atoms with Crippen LogP contribution in [0.15, 0.2) is 0 Å². The third-order valence-corrected chi connectivity index (χ3v) is 0.485. The van der Waals surface area contributed by atoms with E-state index in [1.54, 1.807) is 0 Å². The molecule has 0 aromatic rings. The van der Waals surface area contributed by atoms with Crippen LogP contribution in [0.1, 0.15) is 13.8 Å². The van der Waals surface area contributed by atoms with Crippen molar-refractivity contribution in [2.75, 3.05) is 6.80 Å². The molecule has 1 nitrogen and oxygen atoms in total. The largest absolute Gasteiger partial charge is 0.288 e. The summed E-state index contributed by atoms with van der Waals surface area (Å²) in [7, 11) is 0. The van der Waals surface area contributed by atoms with Crippen molar-refractivity contribution in [2.45, 2.75) is 19.9 Å². The highest BCUT2D eigenvalue weighted by Gasteiger charge is 1.84. The van der Waals surface area contributed by atoms with Gasteiger partial charge >= 0.3 is 0 Å². The molecule has 0 bridgehead atoms. The Morgan fingerprint density at radius 3 is 2.17 bits per heavy atom. The fourth-order valence-electron chi connectivity index (χ4n) is 0.154. The molecule has 0 amide bonds. The van der Waals surface area contributed by atoms with Gasteiger partial charge in [-0.25, -0.2) is 4.39 Å². The van der Waals surface area contributed by atoms with E-state index in [0.29, 0.717) is 0 Å². The Morgan fingerprint density at radius 1 is 1.67 bits per heavy atom. The number of nitrogens with one attached hydrogen (secondary N) is 1. The van der Waals surface area contributed by atoms with E-state index in [0.717, 1.165) is 0 Å². The Kier molecular flexibility index (Phi) is 3.04. The van der Waals surface area contributed by atoms with Crippen molar-refractivity contribution in [2.24, 2.45) is 0 Å². The minimum Gasteiger partial charge on any atom is -0.288 e. The maximum Gasteiger partial charge on any atom is 0.140 e. The van der Waals surface area contributed by atoms with Crippen LogP contribution in [0.5, 0.6) is 0 Å². The maximum absolute atomic E-state index is 11.1. The van der Waals surface area contributed by atoms with Crippen molar-refractivity contribution in [3.05, 3.63) is 0 Å². The number of rotatable bonds is 2. The topological polar surface area (TPSA) is 12.0 Å². The van der Waals surface area contributed by atoms with Crippen molar-refractivity contribution in [1.82, 2.24) is 5.32 Å². The van der Waals surface area contributed by atoms with Gasteiger partial charge in [0.1, 0.15) is 6.80 Å². The van der Waals surface area contributed by atoms with Gasteiger partial charge in [-0.1, -0.05) is 0 Å². The lowest BCUT2D eigenvalue weighted by Crippen LogP contribution is -2.20. The molecule has 2 heteroatoms. The summed E-state index contributed by atoms with van der Waals surface area (Å²) in [5.41, 5.74) is 0. The fourth-order valence-corrected chi connectivity index (χ4v) is 0.154. The molecule has 0 heterocycles. The highest BCUT2D eigenvalue weighted by atomic mass is 19.1. The molecule has 0 saturated carbocycles. The van der Waals surface area contributed by atoms with E-state index < -0.39 is 6.80 Å². The Bertz CT molecular complexity index is 28.7. The molecule has 0 rings (SSSR count). The second-order valence-corrected chi connectivity index (χ2v) is 1.49. The second kappa shape index (κ2) is 3.09. The highest BCUT2D eigenvalue weighted by Crippen LogP contribution is 1.72. The van der Waals surface area contributed by atoms with E-state index in [1.165, 1.54) is 0 Å². The van der Waals surface area contributed by atoms with Crippen LogP contribution in [0, 0.1) is 0 Å². The lowest BCUT2D eigenvalue weighted by molar-refractivity contribution is 0.398. The summed E-state index contributed by atoms with van der Waals surface area (Å²) in [5, 5.41) is 2.54. The van der Waals surface area contributed by atoms with Gasteiger partial charge in [0.05, 0.1) is 0 Å². The van der Waals surface area contributed by atoms with Gasteiger partial charge in [-0.15, -0.1) is 0 Å². The Hall–Kier alpha value is -0.110. The zero-order valence-electron chi connectivity index (χ0n) is 4.16. The first-order valence-electron chi connectivity index (χ1n) is 2.06. The van der Waals surface area contributed by atoms with E-state index in [2.05, 4.69) is 5.32 Å².